The maximum absolute atomic E-state index is 12.2. The highest BCUT2D eigenvalue weighted by atomic mass is 32.1. The van der Waals surface area contributed by atoms with Gasteiger partial charge in [-0.15, -0.1) is 11.3 Å². The van der Waals surface area contributed by atoms with E-state index in [-0.39, 0.29) is 18.9 Å². The maximum Gasteiger partial charge on any atom is 0.226 e. The summed E-state index contributed by atoms with van der Waals surface area (Å²) in [6, 6.07) is 2.03. The largest absolute Gasteiger partial charge is 0.394 e. The molecule has 2 N–H and O–H groups in total. The normalized spacial score (nSPS) is 17.0. The molecule has 0 aromatic carbocycles. The molecule has 2 heterocycles. The SMILES string of the molecule is O=C(Cc1csc(-c2ccsc2)n1)NC1(CO)CCCC1. The fourth-order valence-corrected chi connectivity index (χ4v) is 4.32. The van der Waals surface area contributed by atoms with Crippen LogP contribution in [0.1, 0.15) is 31.4 Å². The van der Waals surface area contributed by atoms with E-state index in [0.717, 1.165) is 41.9 Å². The fraction of sp³-hybridized carbons (Fsp3) is 0.467. The second kappa shape index (κ2) is 6.25. The highest BCUT2D eigenvalue weighted by Crippen LogP contribution is 2.29. The van der Waals surface area contributed by atoms with E-state index < -0.39 is 5.54 Å². The first-order valence-electron chi connectivity index (χ1n) is 7.10. The molecular weight excluding hydrogens is 304 g/mol. The molecule has 0 bridgehead atoms. The van der Waals surface area contributed by atoms with E-state index in [2.05, 4.69) is 15.7 Å². The first-order chi connectivity index (χ1) is 10.2. The van der Waals surface area contributed by atoms with Crippen LogP contribution >= 0.6 is 22.7 Å². The maximum atomic E-state index is 12.2. The Labute approximate surface area is 131 Å². The zero-order chi connectivity index (χ0) is 14.7. The van der Waals surface area contributed by atoms with Gasteiger partial charge in [-0.2, -0.15) is 11.3 Å². The van der Waals surface area contributed by atoms with Crippen LogP contribution in [-0.2, 0) is 11.2 Å². The molecule has 0 spiro atoms. The summed E-state index contributed by atoms with van der Waals surface area (Å²) in [6.45, 7) is 0.0238. The van der Waals surface area contributed by atoms with Crippen LogP contribution in [0.3, 0.4) is 0 Å². The average Bonchev–Trinajstić information content (AvgIpc) is 3.19. The van der Waals surface area contributed by atoms with Gasteiger partial charge in [0.05, 0.1) is 24.3 Å². The molecule has 0 saturated heterocycles. The third-order valence-electron chi connectivity index (χ3n) is 3.93. The van der Waals surface area contributed by atoms with Gasteiger partial charge in [-0.25, -0.2) is 4.98 Å². The zero-order valence-corrected chi connectivity index (χ0v) is 13.3. The van der Waals surface area contributed by atoms with Gasteiger partial charge in [0, 0.05) is 16.3 Å². The van der Waals surface area contributed by atoms with Crippen molar-refractivity contribution in [2.24, 2.45) is 0 Å². The number of carbonyl (C=O) groups is 1. The molecule has 1 fully saturated rings. The van der Waals surface area contributed by atoms with E-state index in [0.29, 0.717) is 0 Å². The minimum atomic E-state index is -0.400. The van der Waals surface area contributed by atoms with Crippen LogP contribution in [0.4, 0.5) is 0 Å². The summed E-state index contributed by atoms with van der Waals surface area (Å²) in [7, 11) is 0. The van der Waals surface area contributed by atoms with Crippen LogP contribution in [0.5, 0.6) is 0 Å². The molecule has 1 amide bonds. The van der Waals surface area contributed by atoms with Gasteiger partial charge in [0.25, 0.3) is 0 Å². The number of aromatic nitrogens is 1. The van der Waals surface area contributed by atoms with Gasteiger partial charge in [-0.3, -0.25) is 4.79 Å². The number of nitrogens with zero attached hydrogens (tertiary/aromatic N) is 1. The Kier molecular flexibility index (Phi) is 4.37. The lowest BCUT2D eigenvalue weighted by Crippen LogP contribution is -2.49. The minimum absolute atomic E-state index is 0.0238. The molecule has 0 aliphatic heterocycles. The van der Waals surface area contributed by atoms with Crippen LogP contribution in [0.2, 0.25) is 0 Å². The van der Waals surface area contributed by atoms with Crippen molar-refractivity contribution in [1.82, 2.24) is 10.3 Å². The summed E-state index contributed by atoms with van der Waals surface area (Å²) in [4.78, 5) is 16.7. The van der Waals surface area contributed by atoms with E-state index >= 15 is 0 Å². The molecule has 112 valence electrons. The first kappa shape index (κ1) is 14.7. The average molecular weight is 322 g/mol. The number of aliphatic hydroxyl groups excluding tert-OH is 1. The Morgan fingerprint density at radius 3 is 2.86 bits per heavy atom. The van der Waals surface area contributed by atoms with Crippen LogP contribution < -0.4 is 5.32 Å². The van der Waals surface area contributed by atoms with Gasteiger partial charge in [-0.1, -0.05) is 12.8 Å². The Morgan fingerprint density at radius 2 is 2.19 bits per heavy atom. The van der Waals surface area contributed by atoms with E-state index in [1.165, 1.54) is 0 Å². The number of carbonyl (C=O) groups excluding carboxylic acids is 1. The number of thiazole rings is 1. The number of thiophene rings is 1. The first-order valence-corrected chi connectivity index (χ1v) is 8.92. The number of nitrogens with one attached hydrogen (secondary N) is 1. The van der Waals surface area contributed by atoms with Gasteiger partial charge in [0.15, 0.2) is 0 Å². The van der Waals surface area contributed by atoms with E-state index in [4.69, 9.17) is 0 Å². The Balaban J connectivity index is 1.62. The molecule has 0 atom stereocenters. The zero-order valence-electron chi connectivity index (χ0n) is 11.7. The van der Waals surface area contributed by atoms with E-state index in [1.807, 2.05) is 16.8 Å². The van der Waals surface area contributed by atoms with Gasteiger partial charge in [0.1, 0.15) is 5.01 Å². The molecule has 2 aromatic rings. The van der Waals surface area contributed by atoms with Crippen molar-refractivity contribution in [1.29, 1.82) is 0 Å². The number of amides is 1. The summed E-state index contributed by atoms with van der Waals surface area (Å²) < 4.78 is 0. The van der Waals surface area contributed by atoms with Crippen molar-refractivity contribution < 1.29 is 9.90 Å². The minimum Gasteiger partial charge on any atom is -0.394 e. The summed E-state index contributed by atoms with van der Waals surface area (Å²) in [5.74, 6) is -0.0480. The predicted octanol–water partition coefficient (Wildman–Crippen LogP) is 2.84. The molecule has 1 saturated carbocycles. The lowest BCUT2D eigenvalue weighted by atomic mass is 9.98. The number of hydrogen-bond donors (Lipinski definition) is 2. The van der Waals surface area contributed by atoms with Gasteiger partial charge < -0.3 is 10.4 Å². The lowest BCUT2D eigenvalue weighted by Gasteiger charge is -2.27. The van der Waals surface area contributed by atoms with Crippen LogP contribution in [0.15, 0.2) is 22.2 Å². The summed E-state index contributed by atoms with van der Waals surface area (Å²) in [6.07, 6.45) is 4.15. The topological polar surface area (TPSA) is 62.2 Å². The quantitative estimate of drug-likeness (QED) is 0.890. The molecule has 21 heavy (non-hydrogen) atoms. The third kappa shape index (κ3) is 3.33. The molecule has 4 nitrogen and oxygen atoms in total. The van der Waals surface area contributed by atoms with Crippen LogP contribution in [0.25, 0.3) is 10.6 Å². The highest BCUT2D eigenvalue weighted by molar-refractivity contribution is 7.14. The summed E-state index contributed by atoms with van der Waals surface area (Å²) in [5.41, 5.74) is 1.51. The van der Waals surface area contributed by atoms with Crippen molar-refractivity contribution in [2.75, 3.05) is 6.61 Å². The molecule has 6 heteroatoms. The Bertz CT molecular complexity index is 601. The number of hydrogen-bond acceptors (Lipinski definition) is 5. The van der Waals surface area contributed by atoms with E-state index in [9.17, 15) is 9.90 Å². The predicted molar refractivity (Wildman–Crippen MR) is 85.6 cm³/mol. The Morgan fingerprint density at radius 1 is 1.38 bits per heavy atom. The molecule has 3 rings (SSSR count). The van der Waals surface area contributed by atoms with Crippen LogP contribution in [-0.4, -0.2) is 28.1 Å². The molecule has 0 unspecified atom stereocenters. The second-order valence-corrected chi connectivity index (χ2v) is 7.16. The molecule has 2 aromatic heterocycles. The van der Waals surface area contributed by atoms with Crippen molar-refractivity contribution in [2.45, 2.75) is 37.6 Å². The smallest absolute Gasteiger partial charge is 0.226 e. The second-order valence-electron chi connectivity index (χ2n) is 5.53. The van der Waals surface area contributed by atoms with E-state index in [1.54, 1.807) is 22.7 Å². The summed E-state index contributed by atoms with van der Waals surface area (Å²) in [5, 5.41) is 19.5. The fourth-order valence-electron chi connectivity index (χ4n) is 2.79. The number of aliphatic hydroxyl groups is 1. The van der Waals surface area contributed by atoms with Crippen molar-refractivity contribution in [3.05, 3.63) is 27.9 Å². The number of rotatable bonds is 5. The van der Waals surface area contributed by atoms with Crippen molar-refractivity contribution in [3.8, 4) is 10.6 Å². The lowest BCUT2D eigenvalue weighted by molar-refractivity contribution is -0.123. The molecule has 0 radical (unpaired) electrons. The molecule has 1 aliphatic carbocycles. The van der Waals surface area contributed by atoms with Crippen molar-refractivity contribution >= 4 is 28.6 Å². The molecular formula is C15H18N2O2S2. The van der Waals surface area contributed by atoms with Gasteiger partial charge in [-0.05, 0) is 24.3 Å². The Hall–Kier alpha value is -1.24. The molecule has 1 aliphatic rings. The summed E-state index contributed by atoms with van der Waals surface area (Å²) >= 11 is 3.20. The van der Waals surface area contributed by atoms with Gasteiger partial charge in [0.2, 0.25) is 5.91 Å². The van der Waals surface area contributed by atoms with Crippen molar-refractivity contribution in [3.63, 3.8) is 0 Å². The third-order valence-corrected chi connectivity index (χ3v) is 5.55. The monoisotopic (exact) mass is 322 g/mol. The van der Waals surface area contributed by atoms with Gasteiger partial charge >= 0.3 is 0 Å². The van der Waals surface area contributed by atoms with Crippen LogP contribution in [0, 0.1) is 0 Å². The standard InChI is InChI=1S/C15H18N2O2S2/c18-10-15(4-1-2-5-15)17-13(19)7-12-9-21-14(16-12)11-3-6-20-8-11/h3,6,8-9,18H,1-2,4-5,7,10H2,(H,17,19). The highest BCUT2D eigenvalue weighted by Gasteiger charge is 2.34.